The first kappa shape index (κ1) is 13.4. The summed E-state index contributed by atoms with van der Waals surface area (Å²) >= 11 is 1.45. The van der Waals surface area contributed by atoms with Crippen LogP contribution in [-0.2, 0) is 0 Å². The topological polar surface area (TPSA) is 77.2 Å². The first-order valence-electron chi connectivity index (χ1n) is 5.84. The van der Waals surface area contributed by atoms with E-state index in [9.17, 15) is 4.79 Å². The van der Waals surface area contributed by atoms with Crippen molar-refractivity contribution in [2.24, 2.45) is 0 Å². The van der Waals surface area contributed by atoms with E-state index in [4.69, 9.17) is 10.5 Å². The SMILES string of the molecule is Cc1nc(C(=O)NCCOc2ccccc2N)cs1. The summed E-state index contributed by atoms with van der Waals surface area (Å²) in [6, 6.07) is 7.25. The lowest BCUT2D eigenvalue weighted by Gasteiger charge is -2.08. The number of ether oxygens (including phenoxy) is 1. The lowest BCUT2D eigenvalue weighted by Crippen LogP contribution is -2.28. The average Bonchev–Trinajstić information content (AvgIpc) is 2.83. The quantitative estimate of drug-likeness (QED) is 0.646. The standard InChI is InChI=1S/C13H15N3O2S/c1-9-16-11(8-19-9)13(17)15-6-7-18-12-5-3-2-4-10(12)14/h2-5,8H,6-7,14H2,1H3,(H,15,17). The normalized spacial score (nSPS) is 10.2. The van der Waals surface area contributed by atoms with Gasteiger partial charge >= 0.3 is 0 Å². The summed E-state index contributed by atoms with van der Waals surface area (Å²) in [6.45, 7) is 2.63. The molecule has 0 aliphatic rings. The summed E-state index contributed by atoms with van der Waals surface area (Å²) in [5.41, 5.74) is 6.77. The summed E-state index contributed by atoms with van der Waals surface area (Å²) in [7, 11) is 0. The monoisotopic (exact) mass is 277 g/mol. The molecule has 0 bridgehead atoms. The molecule has 2 aromatic rings. The molecule has 1 amide bonds. The Morgan fingerprint density at radius 3 is 2.95 bits per heavy atom. The molecule has 0 saturated carbocycles. The van der Waals surface area contributed by atoms with Crippen LogP contribution in [0.15, 0.2) is 29.6 Å². The van der Waals surface area contributed by atoms with Crippen molar-refractivity contribution in [2.75, 3.05) is 18.9 Å². The number of aryl methyl sites for hydroxylation is 1. The van der Waals surface area contributed by atoms with Crippen LogP contribution in [0.1, 0.15) is 15.5 Å². The first-order chi connectivity index (χ1) is 9.16. The van der Waals surface area contributed by atoms with Crippen LogP contribution in [0.2, 0.25) is 0 Å². The van der Waals surface area contributed by atoms with Crippen LogP contribution in [0.25, 0.3) is 0 Å². The van der Waals surface area contributed by atoms with Gasteiger partial charge in [0.15, 0.2) is 0 Å². The number of hydrogen-bond acceptors (Lipinski definition) is 5. The number of nitrogens with one attached hydrogen (secondary N) is 1. The van der Waals surface area contributed by atoms with Crippen LogP contribution in [0.4, 0.5) is 5.69 Å². The number of nitrogens with zero attached hydrogens (tertiary/aromatic N) is 1. The fourth-order valence-corrected chi connectivity index (χ4v) is 2.09. The summed E-state index contributed by atoms with van der Waals surface area (Å²) < 4.78 is 5.47. The molecule has 0 spiro atoms. The van der Waals surface area contributed by atoms with E-state index < -0.39 is 0 Å². The molecule has 0 fully saturated rings. The Morgan fingerprint density at radius 2 is 2.26 bits per heavy atom. The Bertz CT molecular complexity index is 569. The highest BCUT2D eigenvalue weighted by atomic mass is 32.1. The minimum atomic E-state index is -0.186. The number of amides is 1. The number of benzene rings is 1. The smallest absolute Gasteiger partial charge is 0.270 e. The van der Waals surface area contributed by atoms with Crippen LogP contribution >= 0.6 is 11.3 Å². The molecule has 0 atom stereocenters. The highest BCUT2D eigenvalue weighted by Crippen LogP contribution is 2.19. The first-order valence-corrected chi connectivity index (χ1v) is 6.72. The molecule has 1 heterocycles. The molecular formula is C13H15N3O2S. The number of nitrogens with two attached hydrogens (primary N) is 1. The molecular weight excluding hydrogens is 262 g/mol. The van der Waals surface area contributed by atoms with Crippen LogP contribution in [-0.4, -0.2) is 24.0 Å². The predicted octanol–water partition coefficient (Wildman–Crippen LogP) is 1.84. The summed E-state index contributed by atoms with van der Waals surface area (Å²) in [5.74, 6) is 0.440. The zero-order valence-corrected chi connectivity index (χ0v) is 11.4. The van der Waals surface area contributed by atoms with Gasteiger partial charge in [0.1, 0.15) is 18.1 Å². The van der Waals surface area contributed by atoms with Gasteiger partial charge in [-0.1, -0.05) is 12.1 Å². The zero-order chi connectivity index (χ0) is 13.7. The van der Waals surface area contributed by atoms with Crippen molar-refractivity contribution in [3.63, 3.8) is 0 Å². The van der Waals surface area contributed by atoms with Gasteiger partial charge in [0.25, 0.3) is 5.91 Å². The number of aromatic nitrogens is 1. The van der Waals surface area contributed by atoms with Crippen molar-refractivity contribution < 1.29 is 9.53 Å². The number of nitrogen functional groups attached to an aromatic ring is 1. The van der Waals surface area contributed by atoms with E-state index in [1.807, 2.05) is 19.1 Å². The molecule has 0 aliphatic carbocycles. The average molecular weight is 277 g/mol. The number of rotatable bonds is 5. The third-order valence-electron chi connectivity index (χ3n) is 2.42. The van der Waals surface area contributed by atoms with Crippen molar-refractivity contribution in [1.82, 2.24) is 10.3 Å². The van der Waals surface area contributed by atoms with E-state index in [1.54, 1.807) is 17.5 Å². The largest absolute Gasteiger partial charge is 0.490 e. The van der Waals surface area contributed by atoms with Crippen LogP contribution in [0.5, 0.6) is 5.75 Å². The summed E-state index contributed by atoms with van der Waals surface area (Å²) in [6.07, 6.45) is 0. The van der Waals surface area contributed by atoms with Crippen LogP contribution in [0, 0.1) is 6.92 Å². The fourth-order valence-electron chi connectivity index (χ4n) is 1.50. The van der Waals surface area contributed by atoms with E-state index in [0.717, 1.165) is 5.01 Å². The maximum atomic E-state index is 11.7. The highest BCUT2D eigenvalue weighted by molar-refractivity contribution is 7.09. The van der Waals surface area contributed by atoms with Gasteiger partial charge in [0, 0.05) is 5.38 Å². The van der Waals surface area contributed by atoms with Crippen molar-refractivity contribution in [3.8, 4) is 5.75 Å². The summed E-state index contributed by atoms with van der Waals surface area (Å²) in [4.78, 5) is 15.8. The van der Waals surface area contributed by atoms with Gasteiger partial charge in [0.05, 0.1) is 17.2 Å². The van der Waals surface area contributed by atoms with Gasteiger partial charge in [-0.3, -0.25) is 4.79 Å². The lowest BCUT2D eigenvalue weighted by atomic mass is 10.3. The maximum Gasteiger partial charge on any atom is 0.270 e. The second-order valence-corrected chi connectivity index (χ2v) is 4.96. The molecule has 3 N–H and O–H groups in total. The molecule has 19 heavy (non-hydrogen) atoms. The minimum Gasteiger partial charge on any atom is -0.490 e. The van der Waals surface area contributed by atoms with Crippen molar-refractivity contribution in [1.29, 1.82) is 0 Å². The van der Waals surface area contributed by atoms with Crippen LogP contribution in [0.3, 0.4) is 0 Å². The molecule has 6 heteroatoms. The third kappa shape index (κ3) is 3.69. The van der Waals surface area contributed by atoms with Gasteiger partial charge in [-0.15, -0.1) is 11.3 Å². The third-order valence-corrected chi connectivity index (χ3v) is 3.19. The second kappa shape index (κ2) is 6.19. The van der Waals surface area contributed by atoms with E-state index in [-0.39, 0.29) is 5.91 Å². The Morgan fingerprint density at radius 1 is 1.47 bits per heavy atom. The fraction of sp³-hybridized carbons (Fsp3) is 0.231. The highest BCUT2D eigenvalue weighted by Gasteiger charge is 2.08. The Balaban J connectivity index is 1.75. The Kier molecular flexibility index (Phi) is 4.35. The van der Waals surface area contributed by atoms with Crippen molar-refractivity contribution >= 4 is 22.9 Å². The molecule has 100 valence electrons. The van der Waals surface area contributed by atoms with E-state index >= 15 is 0 Å². The molecule has 1 aromatic carbocycles. The molecule has 0 unspecified atom stereocenters. The molecule has 5 nitrogen and oxygen atoms in total. The molecule has 0 aliphatic heterocycles. The number of para-hydroxylation sites is 2. The molecule has 2 rings (SSSR count). The zero-order valence-electron chi connectivity index (χ0n) is 10.6. The lowest BCUT2D eigenvalue weighted by molar-refractivity contribution is 0.0942. The van der Waals surface area contributed by atoms with E-state index in [2.05, 4.69) is 10.3 Å². The molecule has 0 radical (unpaired) electrons. The number of anilines is 1. The molecule has 1 aromatic heterocycles. The van der Waals surface area contributed by atoms with Crippen LogP contribution < -0.4 is 15.8 Å². The van der Waals surface area contributed by atoms with Gasteiger partial charge < -0.3 is 15.8 Å². The van der Waals surface area contributed by atoms with Crippen molar-refractivity contribution in [2.45, 2.75) is 6.92 Å². The number of carbonyl (C=O) groups excluding carboxylic acids is 1. The number of thiazole rings is 1. The van der Waals surface area contributed by atoms with E-state index in [1.165, 1.54) is 11.3 Å². The minimum absolute atomic E-state index is 0.186. The summed E-state index contributed by atoms with van der Waals surface area (Å²) in [5, 5.41) is 5.35. The van der Waals surface area contributed by atoms with E-state index in [0.29, 0.717) is 30.3 Å². The van der Waals surface area contributed by atoms with Gasteiger partial charge in [-0.2, -0.15) is 0 Å². The number of hydrogen-bond donors (Lipinski definition) is 2. The van der Waals surface area contributed by atoms with Crippen molar-refractivity contribution in [3.05, 3.63) is 40.3 Å². The molecule has 0 saturated heterocycles. The Hall–Kier alpha value is -2.08. The maximum absolute atomic E-state index is 11.7. The van der Waals surface area contributed by atoms with Gasteiger partial charge in [0.2, 0.25) is 0 Å². The predicted molar refractivity (Wildman–Crippen MR) is 75.5 cm³/mol. The number of carbonyl (C=O) groups is 1. The van der Waals surface area contributed by atoms with Gasteiger partial charge in [-0.05, 0) is 19.1 Å². The van der Waals surface area contributed by atoms with Gasteiger partial charge in [-0.25, -0.2) is 4.98 Å². The second-order valence-electron chi connectivity index (χ2n) is 3.89. The Labute approximate surface area is 115 Å².